The van der Waals surface area contributed by atoms with E-state index in [4.69, 9.17) is 5.73 Å². The van der Waals surface area contributed by atoms with Gasteiger partial charge in [0.1, 0.15) is 0 Å². The molecular weight excluding hydrogens is 358 g/mol. The van der Waals surface area contributed by atoms with Crippen LogP contribution in [0.2, 0.25) is 0 Å². The number of benzene rings is 1. The second kappa shape index (κ2) is 6.68. The highest BCUT2D eigenvalue weighted by atomic mass is 79.9. The second-order valence-electron chi connectivity index (χ2n) is 4.24. The van der Waals surface area contributed by atoms with Crippen LogP contribution in [0.1, 0.15) is 15.2 Å². The molecule has 3 N–H and O–H groups in total. The average Bonchev–Trinajstić information content (AvgIpc) is 2.84. The van der Waals surface area contributed by atoms with Crippen LogP contribution in [0.25, 0.3) is 0 Å². The molecule has 1 heterocycles. The number of nitrogens with zero attached hydrogens (tertiary/aromatic N) is 1. The van der Waals surface area contributed by atoms with Gasteiger partial charge in [-0.05, 0) is 40.5 Å². The first-order chi connectivity index (χ1) is 9.97. The number of carbonyl (C=O) groups excluding carboxylic acids is 1. The second-order valence-corrected chi connectivity index (χ2v) is 6.79. The van der Waals surface area contributed by atoms with Crippen molar-refractivity contribution in [2.75, 3.05) is 12.3 Å². The topological polar surface area (TPSA) is 98.3 Å². The van der Waals surface area contributed by atoms with E-state index in [2.05, 4.69) is 21.2 Å². The van der Waals surface area contributed by atoms with Crippen LogP contribution in [-0.4, -0.2) is 17.4 Å². The third kappa shape index (κ3) is 4.02. The minimum Gasteiger partial charge on any atom is -0.398 e. The highest BCUT2D eigenvalue weighted by Gasteiger charge is 2.15. The van der Waals surface area contributed by atoms with Crippen LogP contribution in [0.5, 0.6) is 0 Å². The van der Waals surface area contributed by atoms with E-state index in [1.165, 1.54) is 18.2 Å². The van der Waals surface area contributed by atoms with Crippen molar-refractivity contribution < 1.29 is 9.72 Å². The van der Waals surface area contributed by atoms with E-state index in [-0.39, 0.29) is 16.9 Å². The molecule has 0 bridgehead atoms. The molecule has 8 heteroatoms. The number of hydrogen-bond acceptors (Lipinski definition) is 5. The molecule has 1 aromatic heterocycles. The highest BCUT2D eigenvalue weighted by Crippen LogP contribution is 2.22. The molecule has 0 spiro atoms. The fourth-order valence-electron chi connectivity index (χ4n) is 1.74. The van der Waals surface area contributed by atoms with E-state index in [0.29, 0.717) is 13.0 Å². The molecule has 0 fully saturated rings. The first-order valence-corrected chi connectivity index (χ1v) is 7.64. The Balaban J connectivity index is 1.99. The van der Waals surface area contributed by atoms with Gasteiger partial charge in [0, 0.05) is 29.2 Å². The predicted molar refractivity (Wildman–Crippen MR) is 85.6 cm³/mol. The molecule has 1 aromatic carbocycles. The van der Waals surface area contributed by atoms with E-state index in [9.17, 15) is 14.9 Å². The Morgan fingerprint density at radius 1 is 1.38 bits per heavy atom. The number of nitrogen functional groups attached to an aromatic ring is 1. The lowest BCUT2D eigenvalue weighted by molar-refractivity contribution is -0.384. The Kier molecular flexibility index (Phi) is 4.92. The van der Waals surface area contributed by atoms with Crippen LogP contribution in [-0.2, 0) is 6.42 Å². The number of nitro groups is 1. The van der Waals surface area contributed by atoms with E-state index < -0.39 is 10.8 Å². The van der Waals surface area contributed by atoms with Crippen molar-refractivity contribution >= 4 is 44.5 Å². The zero-order valence-electron chi connectivity index (χ0n) is 10.8. The largest absolute Gasteiger partial charge is 0.398 e. The molecule has 1 amide bonds. The van der Waals surface area contributed by atoms with Crippen molar-refractivity contribution in [2.45, 2.75) is 6.42 Å². The summed E-state index contributed by atoms with van der Waals surface area (Å²) in [6.07, 6.45) is 0.691. The van der Waals surface area contributed by atoms with Crippen LogP contribution >= 0.6 is 27.3 Å². The van der Waals surface area contributed by atoms with Gasteiger partial charge in [-0.15, -0.1) is 11.3 Å². The summed E-state index contributed by atoms with van der Waals surface area (Å²) in [5.41, 5.74) is 5.87. The summed E-state index contributed by atoms with van der Waals surface area (Å²) < 4.78 is 1.03. The summed E-state index contributed by atoms with van der Waals surface area (Å²) in [7, 11) is 0. The number of nitrogens with two attached hydrogens (primary N) is 1. The predicted octanol–water partition coefficient (Wildman–Crippen LogP) is 2.97. The summed E-state index contributed by atoms with van der Waals surface area (Å²) in [5.74, 6) is -0.410. The lowest BCUT2D eigenvalue weighted by Crippen LogP contribution is -2.26. The number of carbonyl (C=O) groups is 1. The van der Waals surface area contributed by atoms with Gasteiger partial charge in [-0.3, -0.25) is 14.9 Å². The summed E-state index contributed by atoms with van der Waals surface area (Å²) in [6, 6.07) is 7.74. The maximum absolute atomic E-state index is 12.0. The fourth-order valence-corrected chi connectivity index (χ4v) is 3.22. The van der Waals surface area contributed by atoms with Crippen LogP contribution in [0, 0.1) is 10.1 Å². The molecule has 6 nitrogen and oxygen atoms in total. The van der Waals surface area contributed by atoms with Crippen molar-refractivity contribution in [1.82, 2.24) is 5.32 Å². The molecule has 0 aliphatic rings. The normalized spacial score (nSPS) is 10.3. The van der Waals surface area contributed by atoms with Crippen molar-refractivity contribution in [3.63, 3.8) is 0 Å². The Morgan fingerprint density at radius 2 is 2.14 bits per heavy atom. The van der Waals surface area contributed by atoms with Gasteiger partial charge >= 0.3 is 0 Å². The highest BCUT2D eigenvalue weighted by molar-refractivity contribution is 9.11. The number of nitrogens with one attached hydrogen (secondary N) is 1. The number of rotatable bonds is 5. The van der Waals surface area contributed by atoms with Crippen molar-refractivity contribution in [3.8, 4) is 0 Å². The van der Waals surface area contributed by atoms with Gasteiger partial charge in [-0.2, -0.15) is 0 Å². The molecule has 0 unspecified atom stereocenters. The number of hydrogen-bond donors (Lipinski definition) is 2. The quantitative estimate of drug-likeness (QED) is 0.480. The van der Waals surface area contributed by atoms with Gasteiger partial charge in [-0.1, -0.05) is 0 Å². The molecule has 2 aromatic rings. The minimum atomic E-state index is -0.556. The number of anilines is 1. The van der Waals surface area contributed by atoms with Crippen LogP contribution in [0.4, 0.5) is 11.4 Å². The average molecular weight is 370 g/mol. The maximum Gasteiger partial charge on any atom is 0.270 e. The molecular formula is C13H12BrN3O3S. The summed E-state index contributed by atoms with van der Waals surface area (Å²) in [4.78, 5) is 23.3. The van der Waals surface area contributed by atoms with Crippen molar-refractivity contribution in [2.24, 2.45) is 0 Å². The molecule has 0 saturated carbocycles. The molecule has 110 valence electrons. The summed E-state index contributed by atoms with van der Waals surface area (Å²) in [6.45, 7) is 0.438. The van der Waals surface area contributed by atoms with Crippen molar-refractivity contribution in [3.05, 3.63) is 54.7 Å². The molecule has 0 aliphatic heterocycles. The third-order valence-corrected chi connectivity index (χ3v) is 4.46. The lowest BCUT2D eigenvalue weighted by Gasteiger charge is -2.06. The van der Waals surface area contributed by atoms with Gasteiger partial charge in [0.2, 0.25) is 0 Å². The summed E-state index contributed by atoms with van der Waals surface area (Å²) in [5, 5.41) is 13.4. The molecule has 0 aliphatic carbocycles. The molecule has 0 atom stereocenters. The Bertz CT molecular complexity index is 687. The number of nitro benzene ring substituents is 1. The van der Waals surface area contributed by atoms with Crippen molar-refractivity contribution in [1.29, 1.82) is 0 Å². The fraction of sp³-hybridized carbons (Fsp3) is 0.154. The molecule has 21 heavy (non-hydrogen) atoms. The number of halogens is 1. The van der Waals surface area contributed by atoms with Crippen LogP contribution < -0.4 is 11.1 Å². The van der Waals surface area contributed by atoms with E-state index >= 15 is 0 Å². The number of amides is 1. The Labute approximate surface area is 133 Å². The van der Waals surface area contributed by atoms with Gasteiger partial charge in [0.05, 0.1) is 14.3 Å². The minimum absolute atomic E-state index is 0.122. The SMILES string of the molecule is Nc1ccc([N+](=O)[O-])cc1C(=O)NCCc1ccc(Br)s1. The van der Waals surface area contributed by atoms with E-state index in [1.807, 2.05) is 12.1 Å². The number of non-ortho nitro benzene ring substituents is 1. The molecule has 0 saturated heterocycles. The smallest absolute Gasteiger partial charge is 0.270 e. The monoisotopic (exact) mass is 369 g/mol. The zero-order valence-corrected chi connectivity index (χ0v) is 13.2. The molecule has 2 rings (SSSR count). The third-order valence-electron chi connectivity index (χ3n) is 2.78. The van der Waals surface area contributed by atoms with E-state index in [1.54, 1.807) is 11.3 Å². The van der Waals surface area contributed by atoms with Gasteiger partial charge < -0.3 is 11.1 Å². The van der Waals surface area contributed by atoms with E-state index in [0.717, 1.165) is 8.66 Å². The number of thiophene rings is 1. The zero-order chi connectivity index (χ0) is 15.4. The van der Waals surface area contributed by atoms with Crippen LogP contribution in [0.3, 0.4) is 0 Å². The van der Waals surface area contributed by atoms with Gasteiger partial charge in [0.25, 0.3) is 11.6 Å². The van der Waals surface area contributed by atoms with Gasteiger partial charge in [0.15, 0.2) is 0 Å². The summed E-state index contributed by atoms with van der Waals surface area (Å²) >= 11 is 4.97. The first-order valence-electron chi connectivity index (χ1n) is 6.03. The van der Waals surface area contributed by atoms with Crippen LogP contribution in [0.15, 0.2) is 34.1 Å². The molecule has 0 radical (unpaired) electrons. The Morgan fingerprint density at radius 3 is 2.76 bits per heavy atom. The maximum atomic E-state index is 12.0. The lowest BCUT2D eigenvalue weighted by atomic mass is 10.1. The Hall–Kier alpha value is -1.93. The standard InChI is InChI=1S/C13H12BrN3O3S/c14-12-4-2-9(21-12)5-6-16-13(18)10-7-8(17(19)20)1-3-11(10)15/h1-4,7H,5-6,15H2,(H,16,18). The van der Waals surface area contributed by atoms with Gasteiger partial charge in [-0.25, -0.2) is 0 Å². The first kappa shape index (κ1) is 15.5.